The fourth-order valence-corrected chi connectivity index (χ4v) is 2.13. The number of carbonyl (C=O) groups is 2. The molecule has 0 saturated heterocycles. The highest BCUT2D eigenvalue weighted by Crippen LogP contribution is 2.14. The first-order valence-electron chi connectivity index (χ1n) is 6.51. The molecular weight excluding hydrogens is 305 g/mol. The van der Waals surface area contributed by atoms with E-state index in [-0.39, 0.29) is 11.0 Å². The van der Waals surface area contributed by atoms with Crippen LogP contribution in [0.15, 0.2) is 11.5 Å². The Hall–Kier alpha value is -0.190. The summed E-state index contributed by atoms with van der Waals surface area (Å²) in [6, 6.07) is 0. The maximum Gasteiger partial charge on any atom is 0.244 e. The highest BCUT2D eigenvalue weighted by atomic mass is 35.5. The van der Waals surface area contributed by atoms with Gasteiger partial charge in [0.25, 0.3) is 0 Å². The van der Waals surface area contributed by atoms with E-state index in [0.717, 1.165) is 24.6 Å². The van der Waals surface area contributed by atoms with Gasteiger partial charge in [-0.15, -0.1) is 0 Å². The van der Waals surface area contributed by atoms with Crippen LogP contribution in [0.2, 0.25) is 0 Å². The second kappa shape index (κ2) is 12.8. The lowest BCUT2D eigenvalue weighted by atomic mass is 10.1. The zero-order valence-electron chi connectivity index (χ0n) is 11.2. The number of hydrogen-bond acceptors (Lipinski definition) is 3. The Bertz CT molecular complexity index is 296. The molecule has 6 heteroatoms. The van der Waals surface area contributed by atoms with Gasteiger partial charge in [-0.25, -0.2) is 0 Å². The third-order valence-corrected chi connectivity index (χ3v) is 3.81. The van der Waals surface area contributed by atoms with E-state index >= 15 is 0 Å². The van der Waals surface area contributed by atoms with Crippen molar-refractivity contribution < 1.29 is 9.59 Å². The van der Waals surface area contributed by atoms with E-state index < -0.39 is 4.84 Å². The topological polar surface area (TPSA) is 46.2 Å². The van der Waals surface area contributed by atoms with Crippen molar-refractivity contribution in [3.8, 4) is 0 Å². The largest absolute Gasteiger partial charge is 0.353 e. The molecule has 0 aromatic carbocycles. The van der Waals surface area contributed by atoms with Crippen LogP contribution in [0.1, 0.15) is 45.4 Å². The summed E-state index contributed by atoms with van der Waals surface area (Å²) in [5.41, 5.74) is 0. The molecule has 1 N–H and O–H groups in total. The molecule has 0 radical (unpaired) electrons. The van der Waals surface area contributed by atoms with Gasteiger partial charge in [-0.3, -0.25) is 9.59 Å². The minimum atomic E-state index is -1.05. The number of rotatable bonds is 10. The molecule has 1 amide bonds. The van der Waals surface area contributed by atoms with Crippen molar-refractivity contribution in [1.29, 1.82) is 0 Å². The van der Waals surface area contributed by atoms with Crippen molar-refractivity contribution in [2.75, 3.05) is 6.54 Å². The molecule has 0 saturated carbocycles. The van der Waals surface area contributed by atoms with Gasteiger partial charge in [-0.1, -0.05) is 74.0 Å². The molecule has 0 spiro atoms. The fraction of sp³-hybridized carbons (Fsp3) is 0.692. The first kappa shape index (κ1) is 18.8. The van der Waals surface area contributed by atoms with Gasteiger partial charge in [-0.05, 0) is 11.8 Å². The standard InChI is InChI=1S/C13H21Cl2NO2S/c1-2-3-4-5-6-7-9-16-11(17)8-10-19-13(18)12(14)15/h8,10,12H,2-7,9H2,1H3,(H,16,17). The molecule has 0 aromatic heterocycles. The summed E-state index contributed by atoms with van der Waals surface area (Å²) in [4.78, 5) is 21.3. The zero-order valence-corrected chi connectivity index (χ0v) is 13.5. The fourth-order valence-electron chi connectivity index (χ4n) is 1.39. The van der Waals surface area contributed by atoms with E-state index in [4.69, 9.17) is 23.2 Å². The van der Waals surface area contributed by atoms with Crippen LogP contribution in [0.4, 0.5) is 0 Å². The normalized spacial score (nSPS) is 11.2. The van der Waals surface area contributed by atoms with E-state index in [1.165, 1.54) is 37.2 Å². The third-order valence-electron chi connectivity index (χ3n) is 2.41. The van der Waals surface area contributed by atoms with Crippen molar-refractivity contribution in [1.82, 2.24) is 5.32 Å². The van der Waals surface area contributed by atoms with Crippen molar-refractivity contribution in [2.45, 2.75) is 50.3 Å². The second-order valence-corrected chi connectivity index (χ2v) is 6.11. The molecule has 0 aliphatic carbocycles. The van der Waals surface area contributed by atoms with Gasteiger partial charge in [0.15, 0.2) is 4.84 Å². The number of alkyl halides is 2. The Kier molecular flexibility index (Phi) is 12.7. The van der Waals surface area contributed by atoms with Crippen LogP contribution in [0.5, 0.6) is 0 Å². The zero-order chi connectivity index (χ0) is 14.5. The van der Waals surface area contributed by atoms with Gasteiger partial charge in [0.05, 0.1) is 0 Å². The summed E-state index contributed by atoms with van der Waals surface area (Å²) in [7, 11) is 0. The molecule has 0 unspecified atom stereocenters. The lowest BCUT2D eigenvalue weighted by Gasteiger charge is -2.02. The number of amides is 1. The summed E-state index contributed by atoms with van der Waals surface area (Å²) >= 11 is 11.5. The van der Waals surface area contributed by atoms with Crippen LogP contribution in [0.25, 0.3) is 0 Å². The first-order valence-corrected chi connectivity index (χ1v) is 8.26. The van der Waals surface area contributed by atoms with E-state index in [1.54, 1.807) is 0 Å². The first-order chi connectivity index (χ1) is 9.07. The van der Waals surface area contributed by atoms with Crippen molar-refractivity contribution in [2.24, 2.45) is 0 Å². The van der Waals surface area contributed by atoms with Crippen molar-refractivity contribution in [3.05, 3.63) is 11.5 Å². The monoisotopic (exact) mass is 325 g/mol. The molecule has 3 nitrogen and oxygen atoms in total. The summed E-state index contributed by atoms with van der Waals surface area (Å²) in [6.45, 7) is 2.85. The van der Waals surface area contributed by atoms with Gasteiger partial charge in [-0.2, -0.15) is 0 Å². The average molecular weight is 326 g/mol. The molecule has 0 fully saturated rings. The molecular formula is C13H21Cl2NO2S. The van der Waals surface area contributed by atoms with Crippen molar-refractivity contribution >= 4 is 46.0 Å². The Labute approximate surface area is 129 Å². The van der Waals surface area contributed by atoms with Crippen LogP contribution >= 0.6 is 35.0 Å². The highest BCUT2D eigenvalue weighted by Gasteiger charge is 2.09. The van der Waals surface area contributed by atoms with E-state index in [2.05, 4.69) is 12.2 Å². The maximum atomic E-state index is 11.3. The lowest BCUT2D eigenvalue weighted by molar-refractivity contribution is -0.116. The molecule has 0 atom stereocenters. The Morgan fingerprint density at radius 3 is 2.42 bits per heavy atom. The van der Waals surface area contributed by atoms with E-state index in [0.29, 0.717) is 6.54 Å². The summed E-state index contributed by atoms with van der Waals surface area (Å²) in [5.74, 6) is -0.199. The Morgan fingerprint density at radius 2 is 1.79 bits per heavy atom. The van der Waals surface area contributed by atoms with E-state index in [1.807, 2.05) is 0 Å². The number of unbranched alkanes of at least 4 members (excludes halogenated alkanes) is 5. The summed E-state index contributed by atoms with van der Waals surface area (Å²) in [6.07, 6.45) is 8.44. The molecule has 0 heterocycles. The average Bonchev–Trinajstić information content (AvgIpc) is 2.37. The smallest absolute Gasteiger partial charge is 0.244 e. The SMILES string of the molecule is CCCCCCCCNC(=O)C=CSC(=O)C(Cl)Cl. The molecule has 0 aliphatic heterocycles. The number of halogens is 2. The molecule has 0 aliphatic rings. The summed E-state index contributed by atoms with van der Waals surface area (Å²) in [5, 5.41) is 3.77. The molecule has 0 rings (SSSR count). The Morgan fingerprint density at radius 1 is 1.16 bits per heavy atom. The predicted molar refractivity (Wildman–Crippen MR) is 83.6 cm³/mol. The van der Waals surface area contributed by atoms with Gasteiger partial charge in [0.1, 0.15) is 0 Å². The quantitative estimate of drug-likeness (QED) is 0.374. The van der Waals surface area contributed by atoms with Crippen LogP contribution in [0.3, 0.4) is 0 Å². The van der Waals surface area contributed by atoms with Crippen LogP contribution in [0, 0.1) is 0 Å². The van der Waals surface area contributed by atoms with Crippen molar-refractivity contribution in [3.63, 3.8) is 0 Å². The van der Waals surface area contributed by atoms with Gasteiger partial charge < -0.3 is 5.32 Å². The number of hydrogen-bond donors (Lipinski definition) is 1. The van der Waals surface area contributed by atoms with Gasteiger partial charge >= 0.3 is 0 Å². The van der Waals surface area contributed by atoms with Crippen LogP contribution in [-0.4, -0.2) is 22.4 Å². The van der Waals surface area contributed by atoms with E-state index in [9.17, 15) is 9.59 Å². The molecule has 19 heavy (non-hydrogen) atoms. The maximum absolute atomic E-state index is 11.3. The van der Waals surface area contributed by atoms with Crippen LogP contribution in [-0.2, 0) is 9.59 Å². The molecule has 0 bridgehead atoms. The number of thioether (sulfide) groups is 1. The minimum absolute atomic E-state index is 0.199. The lowest BCUT2D eigenvalue weighted by Crippen LogP contribution is -2.21. The summed E-state index contributed by atoms with van der Waals surface area (Å²) < 4.78 is 0. The molecule has 110 valence electrons. The molecule has 0 aromatic rings. The highest BCUT2D eigenvalue weighted by molar-refractivity contribution is 8.16. The Balaban J connectivity index is 3.49. The van der Waals surface area contributed by atoms with Gasteiger partial charge in [0.2, 0.25) is 11.0 Å². The second-order valence-electron chi connectivity index (χ2n) is 4.10. The minimum Gasteiger partial charge on any atom is -0.353 e. The predicted octanol–water partition coefficient (Wildman–Crippen LogP) is 4.04. The number of nitrogens with one attached hydrogen (secondary N) is 1. The third kappa shape index (κ3) is 12.6. The van der Waals surface area contributed by atoms with Gasteiger partial charge in [0, 0.05) is 12.6 Å². The van der Waals surface area contributed by atoms with Crippen LogP contribution < -0.4 is 5.32 Å². The number of carbonyl (C=O) groups excluding carboxylic acids is 2.